The molecule has 0 aliphatic heterocycles. The highest BCUT2D eigenvalue weighted by Crippen LogP contribution is 2.32. The molecule has 3 aromatic rings. The Morgan fingerprint density at radius 3 is 3.08 bits per heavy atom. The lowest BCUT2D eigenvalue weighted by molar-refractivity contribution is 0.0700. The van der Waals surface area contributed by atoms with Crippen LogP contribution in [0.3, 0.4) is 0 Å². The van der Waals surface area contributed by atoms with Crippen LogP contribution >= 0.6 is 0 Å². The summed E-state index contributed by atoms with van der Waals surface area (Å²) in [5.41, 5.74) is 1.21. The number of fused-ring (bicyclic) bond motifs is 1. The molecule has 13 heavy (non-hydrogen) atoms. The zero-order valence-electron chi connectivity index (χ0n) is 6.50. The number of carboxylic acids is 1. The van der Waals surface area contributed by atoms with Crippen LogP contribution in [0.2, 0.25) is 0 Å². The van der Waals surface area contributed by atoms with E-state index in [0.29, 0.717) is 16.7 Å². The van der Waals surface area contributed by atoms with Gasteiger partial charge in [-0.3, -0.25) is 0 Å². The number of benzene rings is 1. The Balaban J connectivity index is 2.66. The van der Waals surface area contributed by atoms with E-state index in [-0.39, 0.29) is 5.56 Å². The zero-order chi connectivity index (χ0) is 9.00. The molecule has 0 spiro atoms. The quantitative estimate of drug-likeness (QED) is 0.594. The molecule has 0 aliphatic rings. The summed E-state index contributed by atoms with van der Waals surface area (Å²) in [5, 5.41) is 10.5. The lowest BCUT2D eigenvalue weighted by atomic mass is 10.1. The van der Waals surface area contributed by atoms with E-state index in [2.05, 4.69) is 4.98 Å². The monoisotopic (exact) mass is 175 g/mol. The highest BCUT2D eigenvalue weighted by atomic mass is 16.4. The number of aromatic amines is 1. The molecule has 0 unspecified atom stereocenters. The Kier molecular flexibility index (Phi) is 0.930. The van der Waals surface area contributed by atoms with Gasteiger partial charge in [-0.15, -0.1) is 0 Å². The first-order valence-electron chi connectivity index (χ1n) is 3.82. The molecule has 2 N–H and O–H groups in total. The summed E-state index contributed by atoms with van der Waals surface area (Å²) in [6.45, 7) is 0. The normalized spacial score (nSPS) is 11.7. The average Bonchev–Trinajstić information content (AvgIpc) is 2.53. The smallest absolute Gasteiger partial charge is 0.340 e. The minimum atomic E-state index is -0.945. The largest absolute Gasteiger partial charge is 0.478 e. The Bertz CT molecular complexity index is 575. The van der Waals surface area contributed by atoms with E-state index < -0.39 is 5.97 Å². The fourth-order valence-corrected chi connectivity index (χ4v) is 1.67. The van der Waals surface area contributed by atoms with Crippen molar-refractivity contribution in [1.82, 2.24) is 4.98 Å². The topological polar surface area (TPSA) is 66.2 Å². The Morgan fingerprint density at radius 1 is 1.46 bits per heavy atom. The molecule has 0 aliphatic carbocycles. The van der Waals surface area contributed by atoms with Gasteiger partial charge in [0.05, 0.1) is 5.39 Å². The predicted molar refractivity (Wildman–Crippen MR) is 46.2 cm³/mol. The van der Waals surface area contributed by atoms with E-state index in [9.17, 15) is 4.79 Å². The molecule has 4 heteroatoms. The van der Waals surface area contributed by atoms with Gasteiger partial charge in [-0.05, 0) is 12.1 Å². The summed E-state index contributed by atoms with van der Waals surface area (Å²) in [4.78, 5) is 13.7. The molecule has 0 saturated heterocycles. The van der Waals surface area contributed by atoms with Gasteiger partial charge in [-0.25, -0.2) is 4.79 Å². The van der Waals surface area contributed by atoms with Gasteiger partial charge in [0.25, 0.3) is 0 Å². The van der Waals surface area contributed by atoms with Crippen LogP contribution in [0.1, 0.15) is 10.4 Å². The second-order valence-corrected chi connectivity index (χ2v) is 2.93. The van der Waals surface area contributed by atoms with Gasteiger partial charge in [0, 0.05) is 11.6 Å². The van der Waals surface area contributed by atoms with E-state index >= 15 is 0 Å². The van der Waals surface area contributed by atoms with E-state index in [4.69, 9.17) is 9.52 Å². The summed E-state index contributed by atoms with van der Waals surface area (Å²) in [6.07, 6.45) is 1.74. The van der Waals surface area contributed by atoms with Gasteiger partial charge in [0.15, 0.2) is 0 Å². The van der Waals surface area contributed by atoms with Gasteiger partial charge in [0.1, 0.15) is 11.1 Å². The highest BCUT2D eigenvalue weighted by molar-refractivity contribution is 6.15. The third kappa shape index (κ3) is 0.630. The molecule has 0 amide bonds. The van der Waals surface area contributed by atoms with Crippen LogP contribution < -0.4 is 0 Å². The van der Waals surface area contributed by atoms with E-state index in [1.165, 1.54) is 0 Å². The number of H-pyrrole nitrogens is 1. The van der Waals surface area contributed by atoms with Crippen molar-refractivity contribution in [3.8, 4) is 0 Å². The summed E-state index contributed by atoms with van der Waals surface area (Å²) < 4.78 is 5.28. The van der Waals surface area contributed by atoms with Crippen LogP contribution in [-0.2, 0) is 0 Å². The molecule has 0 saturated carbocycles. The van der Waals surface area contributed by atoms with E-state index in [1.54, 1.807) is 12.3 Å². The molecular formula is C9H5NO3. The van der Waals surface area contributed by atoms with Gasteiger partial charge in [-0.2, -0.15) is 0 Å². The fourth-order valence-electron chi connectivity index (χ4n) is 1.67. The predicted octanol–water partition coefficient (Wildman–Crippen LogP) is 2.05. The molecule has 2 aromatic heterocycles. The van der Waals surface area contributed by atoms with Crippen LogP contribution in [0.4, 0.5) is 0 Å². The SMILES string of the molecule is O=C(O)c1c2ccc3c[nH]c(o2)c13. The third-order valence-electron chi connectivity index (χ3n) is 2.21. The number of carboxylic acid groups (broad SMARTS) is 1. The van der Waals surface area contributed by atoms with Crippen molar-refractivity contribution in [2.75, 3.05) is 0 Å². The van der Waals surface area contributed by atoms with Crippen molar-refractivity contribution in [3.05, 3.63) is 23.9 Å². The second-order valence-electron chi connectivity index (χ2n) is 2.93. The molecule has 64 valence electrons. The molecular weight excluding hydrogens is 170 g/mol. The maximum atomic E-state index is 10.9. The zero-order valence-corrected chi connectivity index (χ0v) is 6.50. The third-order valence-corrected chi connectivity index (χ3v) is 2.21. The maximum absolute atomic E-state index is 10.9. The summed E-state index contributed by atoms with van der Waals surface area (Å²) in [5.74, 6) is -0.945. The number of aromatic nitrogens is 1. The first-order valence-corrected chi connectivity index (χ1v) is 3.82. The lowest BCUT2D eigenvalue weighted by Crippen LogP contribution is -1.95. The summed E-state index contributed by atoms with van der Waals surface area (Å²) in [7, 11) is 0. The number of rotatable bonds is 1. The van der Waals surface area contributed by atoms with E-state index in [0.717, 1.165) is 5.39 Å². The number of carbonyl (C=O) groups is 1. The standard InChI is InChI=1S/C9H5NO3/c11-9(12)7-5-2-1-4-3-10-8(13-5)6(4)7/h1-3,10H,(H,11,12). The van der Waals surface area contributed by atoms with Crippen LogP contribution in [-0.4, -0.2) is 16.1 Å². The number of hydrogen-bond donors (Lipinski definition) is 2. The first kappa shape index (κ1) is 6.54. The number of nitrogens with one attached hydrogen (secondary N) is 1. The highest BCUT2D eigenvalue weighted by Gasteiger charge is 2.20. The second kappa shape index (κ2) is 1.85. The summed E-state index contributed by atoms with van der Waals surface area (Å²) >= 11 is 0. The maximum Gasteiger partial charge on any atom is 0.340 e. The number of hydrogen-bond acceptors (Lipinski definition) is 2. The summed E-state index contributed by atoms with van der Waals surface area (Å²) in [6, 6.07) is 3.51. The van der Waals surface area contributed by atoms with Gasteiger partial charge < -0.3 is 14.5 Å². The number of furan rings is 1. The first-order chi connectivity index (χ1) is 6.27. The fraction of sp³-hybridized carbons (Fsp3) is 0. The van der Waals surface area contributed by atoms with Gasteiger partial charge >= 0.3 is 5.97 Å². The minimum Gasteiger partial charge on any atom is -0.478 e. The van der Waals surface area contributed by atoms with Crippen molar-refractivity contribution in [2.45, 2.75) is 0 Å². The Hall–Kier alpha value is -1.97. The minimum absolute atomic E-state index is 0.258. The molecule has 3 rings (SSSR count). The van der Waals surface area contributed by atoms with Crippen molar-refractivity contribution < 1.29 is 14.3 Å². The molecule has 4 nitrogen and oxygen atoms in total. The van der Waals surface area contributed by atoms with Gasteiger partial charge in [-0.1, -0.05) is 0 Å². The molecule has 0 fully saturated rings. The van der Waals surface area contributed by atoms with Crippen LogP contribution in [0.25, 0.3) is 22.1 Å². The van der Waals surface area contributed by atoms with Crippen LogP contribution in [0.15, 0.2) is 22.7 Å². The molecule has 1 aromatic carbocycles. The van der Waals surface area contributed by atoms with Gasteiger partial charge in [0.2, 0.25) is 5.71 Å². The Labute approximate surface area is 72.1 Å². The van der Waals surface area contributed by atoms with Crippen molar-refractivity contribution in [3.63, 3.8) is 0 Å². The van der Waals surface area contributed by atoms with Crippen LogP contribution in [0.5, 0.6) is 0 Å². The molecule has 0 radical (unpaired) electrons. The lowest BCUT2D eigenvalue weighted by Gasteiger charge is -1.91. The number of aromatic carboxylic acids is 1. The average molecular weight is 175 g/mol. The van der Waals surface area contributed by atoms with Crippen molar-refractivity contribution in [1.29, 1.82) is 0 Å². The van der Waals surface area contributed by atoms with Crippen LogP contribution in [0, 0.1) is 0 Å². The van der Waals surface area contributed by atoms with E-state index in [1.807, 2.05) is 6.07 Å². The molecule has 2 heterocycles. The molecule has 2 bridgehead atoms. The van der Waals surface area contributed by atoms with Crippen molar-refractivity contribution >= 4 is 28.0 Å². The molecule has 0 atom stereocenters. The van der Waals surface area contributed by atoms with Crippen molar-refractivity contribution in [2.24, 2.45) is 0 Å². The Morgan fingerprint density at radius 2 is 2.31 bits per heavy atom.